The Morgan fingerprint density at radius 1 is 0.938 bits per heavy atom. The van der Waals surface area contributed by atoms with Gasteiger partial charge in [0, 0.05) is 33.2 Å². The fraction of sp³-hybridized carbons (Fsp3) is 0.130. The van der Waals surface area contributed by atoms with Gasteiger partial charge in [-0.15, -0.1) is 0 Å². The molecule has 6 nitrogen and oxygen atoms in total. The second-order valence-corrected chi connectivity index (χ2v) is 9.92. The molecular formula is C23H20Cl2N4O2S. The van der Waals surface area contributed by atoms with E-state index in [1.807, 2.05) is 42.5 Å². The largest absolute Gasteiger partial charge is 0.369 e. The number of fused-ring (bicyclic) bond motifs is 1. The Hall–Kier alpha value is -2.87. The number of anilines is 2. The SMILES string of the molecule is CS(=O)(=O)Nc1ccc(CCNc2ncnc3ccc(-c4ccc(Cl)cc4Cl)cc23)cc1. The lowest BCUT2D eigenvalue weighted by Crippen LogP contribution is -2.10. The smallest absolute Gasteiger partial charge is 0.229 e. The summed E-state index contributed by atoms with van der Waals surface area (Å²) in [5, 5.41) is 5.44. The summed E-state index contributed by atoms with van der Waals surface area (Å²) in [7, 11) is -3.28. The molecule has 0 fully saturated rings. The van der Waals surface area contributed by atoms with Crippen LogP contribution in [-0.4, -0.2) is 31.2 Å². The van der Waals surface area contributed by atoms with Crippen LogP contribution in [0.4, 0.5) is 11.5 Å². The van der Waals surface area contributed by atoms with Crippen molar-refractivity contribution >= 4 is 55.6 Å². The number of hydrogen-bond acceptors (Lipinski definition) is 5. The van der Waals surface area contributed by atoms with Crippen molar-refractivity contribution in [2.75, 3.05) is 22.8 Å². The van der Waals surface area contributed by atoms with Crippen LogP contribution < -0.4 is 10.0 Å². The van der Waals surface area contributed by atoms with Crippen molar-refractivity contribution in [3.8, 4) is 11.1 Å². The molecule has 0 aliphatic carbocycles. The molecule has 0 spiro atoms. The normalized spacial score (nSPS) is 11.5. The molecule has 0 unspecified atom stereocenters. The Morgan fingerprint density at radius 3 is 2.44 bits per heavy atom. The summed E-state index contributed by atoms with van der Waals surface area (Å²) in [4.78, 5) is 8.77. The predicted octanol–water partition coefficient (Wildman–Crippen LogP) is 5.63. The molecule has 0 radical (unpaired) electrons. The van der Waals surface area contributed by atoms with Crippen LogP contribution in [0.5, 0.6) is 0 Å². The monoisotopic (exact) mass is 486 g/mol. The summed E-state index contributed by atoms with van der Waals surface area (Å²) in [6.07, 6.45) is 3.40. The molecule has 0 aliphatic rings. The number of halogens is 2. The quantitative estimate of drug-likeness (QED) is 0.353. The van der Waals surface area contributed by atoms with E-state index in [1.165, 1.54) is 6.33 Å². The zero-order chi connectivity index (χ0) is 22.7. The van der Waals surface area contributed by atoms with Gasteiger partial charge in [0.05, 0.1) is 11.8 Å². The van der Waals surface area contributed by atoms with Crippen molar-refractivity contribution in [2.24, 2.45) is 0 Å². The van der Waals surface area contributed by atoms with Gasteiger partial charge < -0.3 is 5.32 Å². The average Bonchev–Trinajstić information content (AvgIpc) is 2.74. The molecule has 1 aromatic heterocycles. The molecule has 1 heterocycles. The van der Waals surface area contributed by atoms with E-state index >= 15 is 0 Å². The number of sulfonamides is 1. The first-order chi connectivity index (χ1) is 15.3. The third kappa shape index (κ3) is 5.48. The van der Waals surface area contributed by atoms with Crippen molar-refractivity contribution in [3.63, 3.8) is 0 Å². The number of nitrogens with one attached hydrogen (secondary N) is 2. The maximum Gasteiger partial charge on any atom is 0.229 e. The van der Waals surface area contributed by atoms with Crippen molar-refractivity contribution in [1.29, 1.82) is 0 Å². The standard InChI is InChI=1S/C23H20Cl2N4O2S/c1-32(30,31)29-18-6-2-15(3-7-18)10-11-26-23-20-12-16(4-9-22(20)27-14-28-23)19-8-5-17(24)13-21(19)25/h2-9,12-14,29H,10-11H2,1H3,(H,26,27,28). The molecular weight excluding hydrogens is 467 g/mol. The highest BCUT2D eigenvalue weighted by Gasteiger charge is 2.09. The van der Waals surface area contributed by atoms with E-state index in [2.05, 4.69) is 20.0 Å². The molecule has 0 amide bonds. The Labute approximate surface area is 196 Å². The third-order valence-electron chi connectivity index (χ3n) is 4.84. The maximum absolute atomic E-state index is 11.3. The lowest BCUT2D eigenvalue weighted by atomic mass is 10.0. The number of nitrogens with zero attached hydrogens (tertiary/aromatic N) is 2. The lowest BCUT2D eigenvalue weighted by Gasteiger charge is -2.11. The van der Waals surface area contributed by atoms with Crippen LogP contribution in [0.1, 0.15) is 5.56 Å². The second kappa shape index (κ2) is 9.32. The van der Waals surface area contributed by atoms with Crippen LogP contribution in [0.3, 0.4) is 0 Å². The van der Waals surface area contributed by atoms with E-state index in [-0.39, 0.29) is 0 Å². The Balaban J connectivity index is 1.50. The van der Waals surface area contributed by atoms with Crippen molar-refractivity contribution in [3.05, 3.63) is 82.6 Å². The van der Waals surface area contributed by atoms with Crippen molar-refractivity contribution < 1.29 is 8.42 Å². The topological polar surface area (TPSA) is 84.0 Å². The molecule has 4 aromatic rings. The third-order valence-corrected chi connectivity index (χ3v) is 6.00. The number of hydrogen-bond donors (Lipinski definition) is 2. The van der Waals surface area contributed by atoms with Gasteiger partial charge in [0.25, 0.3) is 0 Å². The van der Waals surface area contributed by atoms with Crippen molar-refractivity contribution in [2.45, 2.75) is 6.42 Å². The average molecular weight is 487 g/mol. The minimum Gasteiger partial charge on any atom is -0.369 e. The summed E-state index contributed by atoms with van der Waals surface area (Å²) in [5.41, 5.74) is 4.28. The van der Waals surface area contributed by atoms with Gasteiger partial charge in [0.2, 0.25) is 10.0 Å². The van der Waals surface area contributed by atoms with Gasteiger partial charge >= 0.3 is 0 Å². The highest BCUT2D eigenvalue weighted by molar-refractivity contribution is 7.92. The molecule has 164 valence electrons. The summed E-state index contributed by atoms with van der Waals surface area (Å²) in [5.74, 6) is 0.734. The van der Waals surface area contributed by atoms with Gasteiger partial charge in [-0.25, -0.2) is 18.4 Å². The second-order valence-electron chi connectivity index (χ2n) is 7.33. The van der Waals surface area contributed by atoms with Crippen LogP contribution in [0.2, 0.25) is 10.0 Å². The first kappa shape index (κ1) is 22.3. The minimum atomic E-state index is -3.28. The van der Waals surface area contributed by atoms with Gasteiger partial charge in [0.1, 0.15) is 12.1 Å². The zero-order valence-electron chi connectivity index (χ0n) is 17.1. The first-order valence-corrected chi connectivity index (χ1v) is 12.4. The van der Waals surface area contributed by atoms with Crippen LogP contribution in [0, 0.1) is 0 Å². The summed E-state index contributed by atoms with van der Waals surface area (Å²) < 4.78 is 25.1. The van der Waals surface area contributed by atoms with E-state index in [0.717, 1.165) is 46.1 Å². The van der Waals surface area contributed by atoms with E-state index in [4.69, 9.17) is 23.2 Å². The first-order valence-electron chi connectivity index (χ1n) is 9.79. The lowest BCUT2D eigenvalue weighted by molar-refractivity contribution is 0.607. The summed E-state index contributed by atoms with van der Waals surface area (Å²) in [6.45, 7) is 0.650. The fourth-order valence-corrected chi connectivity index (χ4v) is 4.45. The van der Waals surface area contributed by atoms with Crippen molar-refractivity contribution in [1.82, 2.24) is 9.97 Å². The molecule has 0 bridgehead atoms. The highest BCUT2D eigenvalue weighted by Crippen LogP contribution is 2.33. The maximum atomic E-state index is 11.3. The molecule has 0 atom stereocenters. The molecule has 3 aromatic carbocycles. The molecule has 32 heavy (non-hydrogen) atoms. The van der Waals surface area contributed by atoms with Gasteiger partial charge in [0.15, 0.2) is 0 Å². The van der Waals surface area contributed by atoms with E-state index < -0.39 is 10.0 Å². The van der Waals surface area contributed by atoms with Crippen LogP contribution in [-0.2, 0) is 16.4 Å². The van der Waals surface area contributed by atoms with Crippen LogP contribution in [0.25, 0.3) is 22.0 Å². The fourth-order valence-electron chi connectivity index (χ4n) is 3.37. The molecule has 0 aliphatic heterocycles. The van der Waals surface area contributed by atoms with Gasteiger partial charge in [-0.05, 0) is 53.9 Å². The van der Waals surface area contributed by atoms with E-state index in [0.29, 0.717) is 22.3 Å². The predicted molar refractivity (Wildman–Crippen MR) is 132 cm³/mol. The molecule has 0 saturated heterocycles. The van der Waals surface area contributed by atoms with Gasteiger partial charge in [-0.1, -0.05) is 47.5 Å². The van der Waals surface area contributed by atoms with Gasteiger partial charge in [-0.2, -0.15) is 0 Å². The molecule has 4 rings (SSSR count). The van der Waals surface area contributed by atoms with Crippen LogP contribution in [0.15, 0.2) is 67.0 Å². The molecule has 9 heteroatoms. The van der Waals surface area contributed by atoms with E-state index in [9.17, 15) is 8.42 Å². The number of aromatic nitrogens is 2. The molecule has 0 saturated carbocycles. The summed E-state index contributed by atoms with van der Waals surface area (Å²) in [6, 6.07) is 18.6. The Bertz CT molecular complexity index is 1380. The Kier molecular flexibility index (Phi) is 6.50. The summed E-state index contributed by atoms with van der Waals surface area (Å²) >= 11 is 12.4. The van der Waals surface area contributed by atoms with E-state index in [1.54, 1.807) is 18.2 Å². The van der Waals surface area contributed by atoms with Crippen LogP contribution >= 0.6 is 23.2 Å². The zero-order valence-corrected chi connectivity index (χ0v) is 19.5. The number of rotatable bonds is 7. The van der Waals surface area contributed by atoms with Gasteiger partial charge in [-0.3, -0.25) is 4.72 Å². The Morgan fingerprint density at radius 2 is 1.72 bits per heavy atom. The highest BCUT2D eigenvalue weighted by atomic mass is 35.5. The minimum absolute atomic E-state index is 0.541. The number of benzene rings is 3. The molecule has 2 N–H and O–H groups in total.